The lowest BCUT2D eigenvalue weighted by molar-refractivity contribution is -0.122. The Bertz CT molecular complexity index is 459. The van der Waals surface area contributed by atoms with Gasteiger partial charge in [-0.25, -0.2) is 4.98 Å². The highest BCUT2D eigenvalue weighted by atomic mass is 35.5. The second-order valence-electron chi connectivity index (χ2n) is 5.71. The van der Waals surface area contributed by atoms with Gasteiger partial charge < -0.3 is 10.6 Å². The highest BCUT2D eigenvalue weighted by molar-refractivity contribution is 7.09. The number of aromatic nitrogens is 1. The summed E-state index contributed by atoms with van der Waals surface area (Å²) < 4.78 is 0. The van der Waals surface area contributed by atoms with Crippen LogP contribution in [-0.4, -0.2) is 23.5 Å². The molecule has 2 fully saturated rings. The minimum Gasteiger partial charge on any atom is -0.347 e. The summed E-state index contributed by atoms with van der Waals surface area (Å²) in [6, 6.07) is 0.519. The van der Waals surface area contributed by atoms with Crippen LogP contribution in [0.25, 0.3) is 0 Å². The number of hydrogen-bond acceptors (Lipinski definition) is 4. The van der Waals surface area contributed by atoms with E-state index in [1.165, 1.54) is 19.3 Å². The van der Waals surface area contributed by atoms with Gasteiger partial charge in [-0.3, -0.25) is 4.79 Å². The molecule has 1 aliphatic heterocycles. The van der Waals surface area contributed by atoms with Crippen molar-refractivity contribution in [1.29, 1.82) is 0 Å². The van der Waals surface area contributed by atoms with Crippen LogP contribution in [-0.2, 0) is 4.79 Å². The number of hydrogen-bond donors (Lipinski definition) is 2. The van der Waals surface area contributed by atoms with Gasteiger partial charge in [-0.1, -0.05) is 0 Å². The standard InChI is InChI=1S/C14H21N3OS.2ClH/c1-9-8-19-14(16-9)13(10-4-5-10)17-12(18)7-11-3-2-6-15-11;;/h8,10-11,13,15H,2-7H2,1H3,(H,17,18);2*1H. The maximum absolute atomic E-state index is 12.1. The molecule has 2 aliphatic rings. The summed E-state index contributed by atoms with van der Waals surface area (Å²) >= 11 is 1.67. The molecule has 1 saturated heterocycles. The zero-order valence-corrected chi connectivity index (χ0v) is 14.6. The molecule has 1 aliphatic carbocycles. The zero-order valence-electron chi connectivity index (χ0n) is 12.1. The molecule has 2 atom stereocenters. The zero-order chi connectivity index (χ0) is 13.2. The number of rotatable bonds is 5. The van der Waals surface area contributed by atoms with Gasteiger partial charge in [-0.2, -0.15) is 0 Å². The van der Waals surface area contributed by atoms with Crippen LogP contribution in [0.5, 0.6) is 0 Å². The second kappa shape index (κ2) is 8.32. The Hall–Kier alpha value is -0.360. The highest BCUT2D eigenvalue weighted by Gasteiger charge is 2.35. The Kier molecular flexibility index (Phi) is 7.40. The number of amides is 1. The molecular formula is C14H23Cl2N3OS. The fourth-order valence-corrected chi connectivity index (χ4v) is 3.65. The van der Waals surface area contributed by atoms with Crippen LogP contribution in [0.1, 0.15) is 48.8 Å². The number of carbonyl (C=O) groups is 1. The van der Waals surface area contributed by atoms with E-state index in [1.807, 2.05) is 6.92 Å². The average Bonchev–Trinajstić information content (AvgIpc) is 2.93. The largest absolute Gasteiger partial charge is 0.347 e. The van der Waals surface area contributed by atoms with Gasteiger partial charge in [-0.05, 0) is 45.1 Å². The van der Waals surface area contributed by atoms with Crippen molar-refractivity contribution in [2.24, 2.45) is 5.92 Å². The van der Waals surface area contributed by atoms with Gasteiger partial charge in [0.2, 0.25) is 5.91 Å². The van der Waals surface area contributed by atoms with E-state index in [0.717, 1.165) is 23.7 Å². The lowest BCUT2D eigenvalue weighted by Gasteiger charge is -2.17. The molecule has 0 aromatic carbocycles. The number of aryl methyl sites for hydroxylation is 1. The van der Waals surface area contributed by atoms with Gasteiger partial charge in [-0.15, -0.1) is 36.2 Å². The quantitative estimate of drug-likeness (QED) is 0.857. The van der Waals surface area contributed by atoms with Crippen LogP contribution in [0.4, 0.5) is 0 Å². The summed E-state index contributed by atoms with van der Waals surface area (Å²) in [5.74, 6) is 0.773. The van der Waals surface area contributed by atoms with E-state index in [2.05, 4.69) is 21.0 Å². The van der Waals surface area contributed by atoms with Gasteiger partial charge in [0.05, 0.1) is 6.04 Å². The Morgan fingerprint density at radius 2 is 2.24 bits per heavy atom. The van der Waals surface area contributed by atoms with E-state index < -0.39 is 0 Å². The number of thiazole rings is 1. The Balaban J connectivity index is 0.00000110. The number of carbonyl (C=O) groups excluding carboxylic acids is 1. The highest BCUT2D eigenvalue weighted by Crippen LogP contribution is 2.41. The van der Waals surface area contributed by atoms with Crippen molar-refractivity contribution in [3.63, 3.8) is 0 Å². The predicted octanol–water partition coefficient (Wildman–Crippen LogP) is 3.00. The Labute approximate surface area is 142 Å². The first-order valence-corrected chi connectivity index (χ1v) is 8.05. The van der Waals surface area contributed by atoms with E-state index >= 15 is 0 Å². The van der Waals surface area contributed by atoms with E-state index in [4.69, 9.17) is 0 Å². The van der Waals surface area contributed by atoms with Gasteiger partial charge in [0, 0.05) is 23.5 Å². The van der Waals surface area contributed by atoms with Crippen LogP contribution < -0.4 is 10.6 Å². The molecule has 2 N–H and O–H groups in total. The smallest absolute Gasteiger partial charge is 0.222 e. The Morgan fingerprint density at radius 1 is 1.48 bits per heavy atom. The second-order valence-corrected chi connectivity index (χ2v) is 6.60. The fraction of sp³-hybridized carbons (Fsp3) is 0.714. The molecule has 1 aromatic rings. The third kappa shape index (κ3) is 5.09. The van der Waals surface area contributed by atoms with Crippen molar-refractivity contribution < 1.29 is 4.79 Å². The molecular weight excluding hydrogens is 329 g/mol. The molecule has 0 spiro atoms. The summed E-state index contributed by atoms with van der Waals surface area (Å²) in [6.07, 6.45) is 5.34. The van der Waals surface area contributed by atoms with Crippen LogP contribution in [0, 0.1) is 12.8 Å². The van der Waals surface area contributed by atoms with Gasteiger partial charge in [0.15, 0.2) is 0 Å². The van der Waals surface area contributed by atoms with Crippen molar-refractivity contribution in [3.05, 3.63) is 16.1 Å². The normalized spacial score (nSPS) is 22.0. The van der Waals surface area contributed by atoms with Crippen molar-refractivity contribution in [1.82, 2.24) is 15.6 Å². The molecule has 1 amide bonds. The van der Waals surface area contributed by atoms with E-state index in [-0.39, 0.29) is 36.8 Å². The van der Waals surface area contributed by atoms with Crippen molar-refractivity contribution >= 4 is 42.1 Å². The number of nitrogens with zero attached hydrogens (tertiary/aromatic N) is 1. The molecule has 4 nitrogen and oxygen atoms in total. The number of halogens is 2. The molecule has 1 aromatic heterocycles. The summed E-state index contributed by atoms with van der Waals surface area (Å²) in [4.78, 5) is 16.7. The lowest BCUT2D eigenvalue weighted by Crippen LogP contribution is -2.35. The molecule has 2 unspecified atom stereocenters. The SMILES string of the molecule is Cc1csc(C(NC(=O)CC2CCCN2)C2CC2)n1.Cl.Cl. The van der Waals surface area contributed by atoms with E-state index in [1.54, 1.807) is 11.3 Å². The molecule has 7 heteroatoms. The maximum Gasteiger partial charge on any atom is 0.222 e. The third-order valence-corrected chi connectivity index (χ3v) is 4.95. The number of nitrogens with one attached hydrogen (secondary N) is 2. The van der Waals surface area contributed by atoms with Crippen LogP contribution >= 0.6 is 36.2 Å². The minimum absolute atomic E-state index is 0. The lowest BCUT2D eigenvalue weighted by atomic mass is 10.1. The molecule has 0 bridgehead atoms. The molecule has 3 rings (SSSR count). The molecule has 1 saturated carbocycles. The monoisotopic (exact) mass is 351 g/mol. The van der Waals surface area contributed by atoms with Crippen LogP contribution in [0.3, 0.4) is 0 Å². The van der Waals surface area contributed by atoms with Crippen molar-refractivity contribution in [2.45, 2.75) is 51.1 Å². The summed E-state index contributed by atoms with van der Waals surface area (Å²) in [6.45, 7) is 3.06. The van der Waals surface area contributed by atoms with E-state index in [0.29, 0.717) is 18.4 Å². The van der Waals surface area contributed by atoms with Gasteiger partial charge >= 0.3 is 0 Å². The predicted molar refractivity (Wildman–Crippen MR) is 90.6 cm³/mol. The maximum atomic E-state index is 12.1. The summed E-state index contributed by atoms with van der Waals surface area (Å²) in [5.41, 5.74) is 1.05. The van der Waals surface area contributed by atoms with Crippen LogP contribution in [0.2, 0.25) is 0 Å². The fourth-order valence-electron chi connectivity index (χ4n) is 2.71. The molecule has 21 heavy (non-hydrogen) atoms. The first-order chi connectivity index (χ1) is 9.22. The molecule has 2 heterocycles. The summed E-state index contributed by atoms with van der Waals surface area (Å²) in [7, 11) is 0. The van der Waals surface area contributed by atoms with Crippen molar-refractivity contribution in [3.8, 4) is 0 Å². The topological polar surface area (TPSA) is 54.0 Å². The minimum atomic E-state index is 0. The van der Waals surface area contributed by atoms with Gasteiger partial charge in [0.1, 0.15) is 5.01 Å². The third-order valence-electron chi connectivity index (χ3n) is 3.91. The average molecular weight is 352 g/mol. The summed E-state index contributed by atoms with van der Waals surface area (Å²) in [5, 5.41) is 9.72. The first kappa shape index (κ1) is 18.7. The first-order valence-electron chi connectivity index (χ1n) is 7.17. The van der Waals surface area contributed by atoms with Crippen LogP contribution in [0.15, 0.2) is 5.38 Å². The Morgan fingerprint density at radius 3 is 2.76 bits per heavy atom. The van der Waals surface area contributed by atoms with Gasteiger partial charge in [0.25, 0.3) is 0 Å². The van der Waals surface area contributed by atoms with E-state index in [9.17, 15) is 4.79 Å². The van der Waals surface area contributed by atoms with Crippen molar-refractivity contribution in [2.75, 3.05) is 6.54 Å². The molecule has 0 radical (unpaired) electrons. The molecule has 120 valence electrons.